The van der Waals surface area contributed by atoms with E-state index in [1.807, 2.05) is 0 Å². The highest BCUT2D eigenvalue weighted by Gasteiger charge is 2.28. The van der Waals surface area contributed by atoms with E-state index in [0.29, 0.717) is 0 Å². The zero-order chi connectivity index (χ0) is 7.49. The highest BCUT2D eigenvalue weighted by atomic mass is 16.5. The average molecular weight is 133 g/mol. The molecule has 0 fully saturated rings. The summed E-state index contributed by atoms with van der Waals surface area (Å²) in [6.07, 6.45) is 0. The molecule has 0 aromatic rings. The number of aliphatic hydroxyl groups is 1. The summed E-state index contributed by atoms with van der Waals surface area (Å²) in [6.45, 7) is 1.18. The Morgan fingerprint density at radius 3 is 2.44 bits per heavy atom. The molecule has 0 aliphatic carbocycles. The zero-order valence-electron chi connectivity index (χ0n) is 5.55. The summed E-state index contributed by atoms with van der Waals surface area (Å²) in [5, 5.41) is 8.99. The Morgan fingerprint density at radius 1 is 1.89 bits per heavy atom. The summed E-state index contributed by atoms with van der Waals surface area (Å²) in [4.78, 5) is 10.5. The largest absolute Gasteiger partial charge is 0.467 e. The van der Waals surface area contributed by atoms with Crippen LogP contribution in [-0.2, 0) is 9.53 Å². The quantitative estimate of drug-likeness (QED) is 0.467. The molecule has 4 nitrogen and oxygen atoms in total. The number of nitrogens with two attached hydrogens (primary N) is 1. The van der Waals surface area contributed by atoms with Crippen LogP contribution in [0.3, 0.4) is 0 Å². The van der Waals surface area contributed by atoms with E-state index in [0.717, 1.165) is 0 Å². The number of methoxy groups -OCH3 is 1. The maximum atomic E-state index is 10.5. The van der Waals surface area contributed by atoms with Crippen LogP contribution in [-0.4, -0.2) is 30.3 Å². The predicted octanol–water partition coefficient (Wildman–Crippen LogP) is -1.13. The molecule has 0 saturated carbocycles. The van der Waals surface area contributed by atoms with Crippen LogP contribution >= 0.6 is 0 Å². The maximum absolute atomic E-state index is 10.5. The second-order valence-electron chi connectivity index (χ2n) is 1.97. The Hall–Kier alpha value is -0.610. The van der Waals surface area contributed by atoms with Gasteiger partial charge in [0.2, 0.25) is 0 Å². The van der Waals surface area contributed by atoms with Gasteiger partial charge in [-0.25, -0.2) is 4.79 Å². The topological polar surface area (TPSA) is 72.5 Å². The molecule has 9 heavy (non-hydrogen) atoms. The molecule has 1 atom stereocenters. The summed E-state index contributed by atoms with van der Waals surface area (Å²) in [7, 11) is 1.20. The van der Waals surface area contributed by atoms with Crippen molar-refractivity contribution in [3.63, 3.8) is 0 Å². The summed E-state index contributed by atoms with van der Waals surface area (Å²) in [5.74, 6) is -0.704. The van der Waals surface area contributed by atoms with E-state index in [-0.39, 0.29) is 6.54 Å². The van der Waals surface area contributed by atoms with Gasteiger partial charge in [0.1, 0.15) is 0 Å². The van der Waals surface area contributed by atoms with Crippen molar-refractivity contribution in [3.8, 4) is 0 Å². The number of ether oxygens (including phenoxy) is 1. The molecule has 54 valence electrons. The molecular formula is C5H11NO3. The molecule has 0 aromatic heterocycles. The van der Waals surface area contributed by atoms with Crippen LogP contribution in [0, 0.1) is 0 Å². The summed E-state index contributed by atoms with van der Waals surface area (Å²) in [6, 6.07) is 0. The van der Waals surface area contributed by atoms with Gasteiger partial charge in [0.25, 0.3) is 0 Å². The van der Waals surface area contributed by atoms with Gasteiger partial charge in [0, 0.05) is 6.54 Å². The van der Waals surface area contributed by atoms with Crippen molar-refractivity contribution in [3.05, 3.63) is 0 Å². The minimum absolute atomic E-state index is 0.125. The molecular weight excluding hydrogens is 122 g/mol. The summed E-state index contributed by atoms with van der Waals surface area (Å²) in [5.41, 5.74) is 3.50. The molecule has 0 bridgehead atoms. The van der Waals surface area contributed by atoms with Gasteiger partial charge in [-0.2, -0.15) is 0 Å². The third-order valence-electron chi connectivity index (χ3n) is 1.02. The van der Waals surface area contributed by atoms with Crippen molar-refractivity contribution in [2.75, 3.05) is 13.7 Å². The van der Waals surface area contributed by atoms with Crippen molar-refractivity contribution in [2.24, 2.45) is 5.73 Å². The summed E-state index contributed by atoms with van der Waals surface area (Å²) >= 11 is 0. The molecule has 0 aliphatic rings. The van der Waals surface area contributed by atoms with E-state index in [2.05, 4.69) is 4.74 Å². The Bertz CT molecular complexity index is 111. The molecule has 0 spiro atoms. The van der Waals surface area contributed by atoms with E-state index in [9.17, 15) is 4.79 Å². The van der Waals surface area contributed by atoms with E-state index in [1.165, 1.54) is 14.0 Å². The average Bonchev–Trinajstić information content (AvgIpc) is 1.86. The van der Waals surface area contributed by atoms with Gasteiger partial charge in [-0.1, -0.05) is 0 Å². The molecule has 0 radical (unpaired) electrons. The van der Waals surface area contributed by atoms with Crippen molar-refractivity contribution in [1.82, 2.24) is 0 Å². The van der Waals surface area contributed by atoms with Crippen molar-refractivity contribution >= 4 is 5.97 Å². The second kappa shape index (κ2) is 2.80. The molecule has 0 aliphatic heterocycles. The predicted molar refractivity (Wildman–Crippen MR) is 31.7 cm³/mol. The second-order valence-corrected chi connectivity index (χ2v) is 1.97. The fourth-order valence-corrected chi connectivity index (χ4v) is 0.303. The van der Waals surface area contributed by atoms with Gasteiger partial charge in [-0.3, -0.25) is 0 Å². The number of hydrogen-bond acceptors (Lipinski definition) is 4. The minimum Gasteiger partial charge on any atom is -0.467 e. The smallest absolute Gasteiger partial charge is 0.338 e. The van der Waals surface area contributed by atoms with Crippen LogP contribution in [0.2, 0.25) is 0 Å². The first kappa shape index (κ1) is 8.39. The lowest BCUT2D eigenvalue weighted by molar-refractivity contribution is -0.159. The third-order valence-corrected chi connectivity index (χ3v) is 1.02. The normalized spacial score (nSPS) is 16.4. The van der Waals surface area contributed by atoms with E-state index in [1.54, 1.807) is 0 Å². The Labute approximate surface area is 53.6 Å². The van der Waals surface area contributed by atoms with Gasteiger partial charge in [0.05, 0.1) is 7.11 Å². The first-order valence-corrected chi connectivity index (χ1v) is 2.55. The first-order valence-electron chi connectivity index (χ1n) is 2.55. The number of rotatable bonds is 2. The van der Waals surface area contributed by atoms with Crippen LogP contribution < -0.4 is 5.73 Å². The molecule has 3 N–H and O–H groups in total. The third kappa shape index (κ3) is 1.99. The van der Waals surface area contributed by atoms with Gasteiger partial charge in [0.15, 0.2) is 5.60 Å². The van der Waals surface area contributed by atoms with Gasteiger partial charge in [-0.15, -0.1) is 0 Å². The molecule has 0 unspecified atom stereocenters. The van der Waals surface area contributed by atoms with E-state index in [4.69, 9.17) is 10.8 Å². The van der Waals surface area contributed by atoms with Crippen LogP contribution in [0.4, 0.5) is 0 Å². The van der Waals surface area contributed by atoms with Crippen LogP contribution in [0.5, 0.6) is 0 Å². The lowest BCUT2D eigenvalue weighted by atomic mass is 10.1. The van der Waals surface area contributed by atoms with Gasteiger partial charge in [-0.05, 0) is 6.92 Å². The summed E-state index contributed by atoms with van der Waals surface area (Å²) < 4.78 is 4.24. The number of carbonyl (C=O) groups excluding carboxylic acids is 1. The molecule has 0 rings (SSSR count). The monoisotopic (exact) mass is 133 g/mol. The van der Waals surface area contributed by atoms with Crippen molar-refractivity contribution in [1.29, 1.82) is 0 Å². The highest BCUT2D eigenvalue weighted by molar-refractivity contribution is 5.78. The van der Waals surface area contributed by atoms with Crippen LogP contribution in [0.1, 0.15) is 6.92 Å². The molecule has 0 amide bonds. The molecule has 0 aromatic carbocycles. The number of hydrogen-bond donors (Lipinski definition) is 2. The van der Waals surface area contributed by atoms with Crippen LogP contribution in [0.25, 0.3) is 0 Å². The molecule has 0 heterocycles. The van der Waals surface area contributed by atoms with Gasteiger partial charge >= 0.3 is 5.97 Å². The lowest BCUT2D eigenvalue weighted by Gasteiger charge is -2.16. The fraction of sp³-hybridized carbons (Fsp3) is 0.800. The Morgan fingerprint density at radius 2 is 2.33 bits per heavy atom. The lowest BCUT2D eigenvalue weighted by Crippen LogP contribution is -2.43. The Balaban J connectivity index is 3.97. The van der Waals surface area contributed by atoms with Crippen molar-refractivity contribution < 1.29 is 14.6 Å². The van der Waals surface area contributed by atoms with Crippen LogP contribution in [0.15, 0.2) is 0 Å². The number of esters is 1. The number of carbonyl (C=O) groups is 1. The van der Waals surface area contributed by atoms with Crippen molar-refractivity contribution in [2.45, 2.75) is 12.5 Å². The standard InChI is InChI=1S/C5H11NO3/c1-5(8,3-6)4(7)9-2/h8H,3,6H2,1-2H3/t5-/m1/s1. The van der Waals surface area contributed by atoms with E-state index >= 15 is 0 Å². The Kier molecular flexibility index (Phi) is 2.61. The fourth-order valence-electron chi connectivity index (χ4n) is 0.303. The maximum Gasteiger partial charge on any atom is 0.338 e. The zero-order valence-corrected chi connectivity index (χ0v) is 5.55. The first-order chi connectivity index (χ1) is 4.04. The SMILES string of the molecule is COC(=O)[C@](C)(O)CN. The molecule has 0 saturated heterocycles. The highest BCUT2D eigenvalue weighted by Crippen LogP contribution is 2.01. The minimum atomic E-state index is -1.53. The van der Waals surface area contributed by atoms with E-state index < -0.39 is 11.6 Å². The van der Waals surface area contributed by atoms with Gasteiger partial charge < -0.3 is 15.6 Å². The molecule has 4 heteroatoms.